The summed E-state index contributed by atoms with van der Waals surface area (Å²) in [6.07, 6.45) is 3.28. The van der Waals surface area contributed by atoms with Crippen LogP contribution in [0.5, 0.6) is 0 Å². The highest BCUT2D eigenvalue weighted by molar-refractivity contribution is 9.11. The van der Waals surface area contributed by atoms with Crippen molar-refractivity contribution in [2.45, 2.75) is 19.3 Å². The molecule has 104 valence electrons. The second kappa shape index (κ2) is 5.67. The van der Waals surface area contributed by atoms with Crippen LogP contribution >= 0.6 is 38.6 Å². The summed E-state index contributed by atoms with van der Waals surface area (Å²) >= 11 is 6.23. The fourth-order valence-corrected chi connectivity index (χ4v) is 4.40. The third-order valence-electron chi connectivity index (χ3n) is 3.09. The molecule has 2 N–H and O–H groups in total. The summed E-state index contributed by atoms with van der Waals surface area (Å²) in [4.78, 5) is 25.7. The van der Waals surface area contributed by atoms with Gasteiger partial charge in [-0.25, -0.2) is 0 Å². The molecule has 0 saturated heterocycles. The van der Waals surface area contributed by atoms with Gasteiger partial charge in [0.25, 0.3) is 11.8 Å². The van der Waals surface area contributed by atoms with Crippen molar-refractivity contribution >= 4 is 50.4 Å². The molecule has 0 bridgehead atoms. The molecule has 2 heterocycles. The van der Waals surface area contributed by atoms with Gasteiger partial charge in [0.15, 0.2) is 0 Å². The number of halogens is 1. The highest BCUT2D eigenvalue weighted by atomic mass is 79.9. The summed E-state index contributed by atoms with van der Waals surface area (Å²) in [6, 6.07) is 3.64. The van der Waals surface area contributed by atoms with Crippen molar-refractivity contribution in [3.8, 4) is 0 Å². The van der Waals surface area contributed by atoms with Gasteiger partial charge in [-0.15, -0.1) is 22.7 Å². The van der Waals surface area contributed by atoms with E-state index in [1.54, 1.807) is 11.4 Å². The van der Waals surface area contributed by atoms with E-state index in [0.717, 1.165) is 16.6 Å². The van der Waals surface area contributed by atoms with Gasteiger partial charge in [0.05, 0.1) is 14.2 Å². The Morgan fingerprint density at radius 1 is 1.15 bits per heavy atom. The van der Waals surface area contributed by atoms with Gasteiger partial charge in [-0.2, -0.15) is 0 Å². The molecule has 0 spiro atoms. The molecule has 0 aromatic carbocycles. The minimum absolute atomic E-state index is 0.257. The molecular formula is C13H11BrN2O2S2. The zero-order valence-electron chi connectivity index (χ0n) is 10.4. The molecule has 2 aromatic rings. The molecular weight excluding hydrogens is 360 g/mol. The first-order valence-corrected chi connectivity index (χ1v) is 8.58. The first-order chi connectivity index (χ1) is 9.63. The van der Waals surface area contributed by atoms with Gasteiger partial charge < -0.3 is 0 Å². The number of carbonyl (C=O) groups excluding carboxylic acids is 2. The topological polar surface area (TPSA) is 58.2 Å². The molecule has 0 aliphatic heterocycles. The number of hydrogen-bond donors (Lipinski definition) is 2. The lowest BCUT2D eigenvalue weighted by atomic mass is 10.2. The molecule has 2 amide bonds. The predicted octanol–water partition coefficient (Wildman–Crippen LogP) is 3.14. The van der Waals surface area contributed by atoms with Gasteiger partial charge in [0.1, 0.15) is 0 Å². The molecule has 0 radical (unpaired) electrons. The Kier molecular flexibility index (Phi) is 3.91. The summed E-state index contributed by atoms with van der Waals surface area (Å²) < 4.78 is 0.878. The van der Waals surface area contributed by atoms with Gasteiger partial charge in [0.2, 0.25) is 0 Å². The number of amides is 2. The van der Waals surface area contributed by atoms with E-state index in [1.165, 1.54) is 39.5 Å². The summed E-state index contributed by atoms with van der Waals surface area (Å²) in [5.41, 5.74) is 6.68. The summed E-state index contributed by atoms with van der Waals surface area (Å²) in [5.74, 6) is -0.573. The van der Waals surface area contributed by atoms with Crippen molar-refractivity contribution in [1.29, 1.82) is 0 Å². The van der Waals surface area contributed by atoms with Gasteiger partial charge >= 0.3 is 0 Å². The maximum Gasteiger partial charge on any atom is 0.279 e. The van der Waals surface area contributed by atoms with Crippen LogP contribution in [0.3, 0.4) is 0 Å². The van der Waals surface area contributed by atoms with Crippen molar-refractivity contribution in [2.24, 2.45) is 0 Å². The van der Waals surface area contributed by atoms with Crippen LogP contribution in [0.4, 0.5) is 0 Å². The minimum Gasteiger partial charge on any atom is -0.267 e. The Bertz CT molecular complexity index is 656. The van der Waals surface area contributed by atoms with Gasteiger partial charge in [0, 0.05) is 10.3 Å². The van der Waals surface area contributed by atoms with Crippen LogP contribution in [0.2, 0.25) is 0 Å². The summed E-state index contributed by atoms with van der Waals surface area (Å²) in [6.45, 7) is 0. The number of rotatable bonds is 2. The predicted molar refractivity (Wildman–Crippen MR) is 83.3 cm³/mol. The van der Waals surface area contributed by atoms with Crippen LogP contribution in [-0.2, 0) is 12.8 Å². The smallest absolute Gasteiger partial charge is 0.267 e. The van der Waals surface area contributed by atoms with E-state index in [0.29, 0.717) is 10.4 Å². The zero-order valence-corrected chi connectivity index (χ0v) is 13.6. The van der Waals surface area contributed by atoms with Crippen molar-refractivity contribution in [3.05, 3.63) is 42.2 Å². The van der Waals surface area contributed by atoms with Gasteiger partial charge in [-0.1, -0.05) is 0 Å². The van der Waals surface area contributed by atoms with E-state index >= 15 is 0 Å². The van der Waals surface area contributed by atoms with E-state index in [9.17, 15) is 9.59 Å². The highest BCUT2D eigenvalue weighted by Crippen LogP contribution is 2.30. The lowest BCUT2D eigenvalue weighted by Crippen LogP contribution is -2.41. The monoisotopic (exact) mass is 370 g/mol. The number of hydrazine groups is 1. The first-order valence-electron chi connectivity index (χ1n) is 6.10. The number of carbonyl (C=O) groups is 2. The first kappa shape index (κ1) is 13.8. The second-order valence-electron chi connectivity index (χ2n) is 4.46. The normalized spacial score (nSPS) is 13.1. The molecule has 0 fully saturated rings. The fraction of sp³-hybridized carbons (Fsp3) is 0.231. The Morgan fingerprint density at radius 3 is 2.65 bits per heavy atom. The highest BCUT2D eigenvalue weighted by Gasteiger charge is 2.18. The minimum atomic E-state index is -0.315. The largest absolute Gasteiger partial charge is 0.279 e. The number of thiophene rings is 2. The Labute approximate surface area is 132 Å². The van der Waals surface area contributed by atoms with E-state index in [4.69, 9.17) is 0 Å². The van der Waals surface area contributed by atoms with E-state index in [1.807, 2.05) is 6.07 Å². The van der Waals surface area contributed by atoms with E-state index in [2.05, 4.69) is 26.8 Å². The number of hydrogen-bond acceptors (Lipinski definition) is 4. The summed E-state index contributed by atoms with van der Waals surface area (Å²) in [7, 11) is 0. The van der Waals surface area contributed by atoms with E-state index < -0.39 is 0 Å². The maximum atomic E-state index is 12.0. The maximum absolute atomic E-state index is 12.0. The third-order valence-corrected chi connectivity index (χ3v) is 5.83. The van der Waals surface area contributed by atoms with Crippen molar-refractivity contribution in [2.75, 3.05) is 0 Å². The average Bonchev–Trinajstić information content (AvgIpc) is 3.09. The van der Waals surface area contributed by atoms with Crippen molar-refractivity contribution in [1.82, 2.24) is 10.9 Å². The molecule has 0 atom stereocenters. The molecule has 0 saturated carbocycles. The quantitative estimate of drug-likeness (QED) is 0.797. The zero-order chi connectivity index (χ0) is 14.1. The molecule has 1 aliphatic carbocycles. The van der Waals surface area contributed by atoms with Crippen LogP contribution in [0.1, 0.15) is 36.9 Å². The Balaban J connectivity index is 1.60. The number of fused-ring (bicyclic) bond motifs is 1. The molecule has 0 unspecified atom stereocenters. The molecule has 2 aromatic heterocycles. The number of aryl methyl sites for hydroxylation is 2. The lowest BCUT2D eigenvalue weighted by molar-refractivity contribution is 0.0849. The summed E-state index contributed by atoms with van der Waals surface area (Å²) in [5, 5.41) is 1.73. The molecule has 20 heavy (non-hydrogen) atoms. The third kappa shape index (κ3) is 2.79. The van der Waals surface area contributed by atoms with Gasteiger partial charge in [-0.3, -0.25) is 20.4 Å². The molecule has 3 rings (SSSR count). The van der Waals surface area contributed by atoms with Crippen LogP contribution < -0.4 is 10.9 Å². The van der Waals surface area contributed by atoms with E-state index in [-0.39, 0.29) is 11.8 Å². The fourth-order valence-electron chi connectivity index (χ4n) is 2.12. The van der Waals surface area contributed by atoms with Crippen LogP contribution in [-0.4, -0.2) is 11.8 Å². The molecule has 4 nitrogen and oxygen atoms in total. The van der Waals surface area contributed by atoms with Crippen LogP contribution in [0.15, 0.2) is 21.3 Å². The molecule has 7 heteroatoms. The number of nitrogens with one attached hydrogen (secondary N) is 2. The average molecular weight is 371 g/mol. The standard InChI is InChI=1S/C13H11BrN2O2S2/c14-11-5-8(6-19-11)12(17)15-16-13(18)10-4-7-2-1-3-9(7)20-10/h4-6H,1-3H2,(H,15,17)(H,16,18). The lowest BCUT2D eigenvalue weighted by Gasteiger charge is -2.04. The van der Waals surface area contributed by atoms with Crippen LogP contribution in [0.25, 0.3) is 0 Å². The second-order valence-corrected chi connectivity index (χ2v) is 7.89. The van der Waals surface area contributed by atoms with Gasteiger partial charge in [-0.05, 0) is 52.9 Å². The SMILES string of the molecule is O=C(NNC(=O)c1cc2c(s1)CCC2)c1csc(Br)c1. The van der Waals surface area contributed by atoms with Crippen molar-refractivity contribution in [3.63, 3.8) is 0 Å². The Morgan fingerprint density at radius 2 is 1.95 bits per heavy atom. The van der Waals surface area contributed by atoms with Crippen LogP contribution in [0, 0.1) is 0 Å². The molecule has 1 aliphatic rings. The van der Waals surface area contributed by atoms with Crippen molar-refractivity contribution < 1.29 is 9.59 Å². The Hall–Kier alpha value is -1.18.